The fourth-order valence-corrected chi connectivity index (χ4v) is 3.34. The molecule has 4 heteroatoms. The number of nitrogens with zero attached hydrogens (tertiary/aromatic N) is 1. The van der Waals surface area contributed by atoms with Crippen LogP contribution in [0.25, 0.3) is 0 Å². The van der Waals surface area contributed by atoms with Gasteiger partial charge in [-0.15, -0.1) is 0 Å². The van der Waals surface area contributed by atoms with E-state index in [-0.39, 0.29) is 28.8 Å². The van der Waals surface area contributed by atoms with Crippen molar-refractivity contribution in [2.75, 3.05) is 0 Å². The lowest BCUT2D eigenvalue weighted by Crippen LogP contribution is -2.71. The molecule has 2 rings (SSSR count). The summed E-state index contributed by atoms with van der Waals surface area (Å²) in [7, 11) is 0. The van der Waals surface area contributed by atoms with Gasteiger partial charge in [0.2, 0.25) is 11.8 Å². The van der Waals surface area contributed by atoms with Gasteiger partial charge in [-0.05, 0) is 44.4 Å². The van der Waals surface area contributed by atoms with E-state index in [9.17, 15) is 9.59 Å². The van der Waals surface area contributed by atoms with E-state index in [1.807, 2.05) is 32.6 Å². The maximum absolute atomic E-state index is 13.0. The highest BCUT2D eigenvalue weighted by Crippen LogP contribution is 2.45. The van der Waals surface area contributed by atoms with E-state index >= 15 is 0 Å². The van der Waals surface area contributed by atoms with Crippen LogP contribution in [0.4, 0.5) is 0 Å². The van der Waals surface area contributed by atoms with Crippen LogP contribution in [-0.4, -0.2) is 34.3 Å². The Labute approximate surface area is 122 Å². The van der Waals surface area contributed by atoms with E-state index in [0.717, 1.165) is 12.8 Å². The van der Waals surface area contributed by atoms with Crippen molar-refractivity contribution in [1.29, 1.82) is 0 Å². The largest absolute Gasteiger partial charge is 0.342 e. The van der Waals surface area contributed by atoms with Crippen LogP contribution < -0.4 is 5.32 Å². The number of hydrogen-bond acceptors (Lipinski definition) is 2. The predicted octanol–water partition coefficient (Wildman–Crippen LogP) is 2.33. The molecule has 2 fully saturated rings. The summed E-state index contributed by atoms with van der Waals surface area (Å²) >= 11 is 0. The van der Waals surface area contributed by atoms with Gasteiger partial charge in [0.1, 0.15) is 12.1 Å². The molecule has 0 spiro atoms. The molecule has 0 bridgehead atoms. The normalized spacial score (nSPS) is 28.6. The molecule has 1 saturated heterocycles. The average molecular weight is 280 g/mol. The first-order chi connectivity index (χ1) is 9.10. The summed E-state index contributed by atoms with van der Waals surface area (Å²) in [5, 5.41) is 2.94. The monoisotopic (exact) mass is 280 g/mol. The zero-order chi connectivity index (χ0) is 15.3. The third kappa shape index (κ3) is 2.45. The molecule has 0 aromatic rings. The zero-order valence-corrected chi connectivity index (χ0v) is 13.6. The van der Waals surface area contributed by atoms with Gasteiger partial charge in [-0.25, -0.2) is 0 Å². The van der Waals surface area contributed by atoms with E-state index in [4.69, 9.17) is 0 Å². The fraction of sp³-hybridized carbons (Fsp3) is 0.875. The Balaban J connectivity index is 2.37. The van der Waals surface area contributed by atoms with Gasteiger partial charge in [0.05, 0.1) is 0 Å². The molecule has 1 N–H and O–H groups in total. The van der Waals surface area contributed by atoms with Crippen LogP contribution in [0.15, 0.2) is 0 Å². The van der Waals surface area contributed by atoms with E-state index < -0.39 is 6.04 Å². The summed E-state index contributed by atoms with van der Waals surface area (Å²) in [6.07, 6.45) is 2.99. The summed E-state index contributed by atoms with van der Waals surface area (Å²) in [4.78, 5) is 27.3. The molecule has 1 aliphatic carbocycles. The van der Waals surface area contributed by atoms with Crippen LogP contribution in [0.5, 0.6) is 0 Å². The summed E-state index contributed by atoms with van der Waals surface area (Å²) in [6.45, 7) is 12.2. The van der Waals surface area contributed by atoms with Crippen LogP contribution in [0.1, 0.15) is 60.8 Å². The van der Waals surface area contributed by atoms with Crippen molar-refractivity contribution in [2.24, 2.45) is 11.3 Å². The second-order valence-corrected chi connectivity index (χ2v) is 7.87. The van der Waals surface area contributed by atoms with Gasteiger partial charge >= 0.3 is 0 Å². The number of hydrogen-bond donors (Lipinski definition) is 1. The Kier molecular flexibility index (Phi) is 3.64. The molecule has 2 amide bonds. The molecular weight excluding hydrogens is 252 g/mol. The first-order valence-electron chi connectivity index (χ1n) is 7.74. The van der Waals surface area contributed by atoms with Gasteiger partial charge in [-0.1, -0.05) is 27.7 Å². The summed E-state index contributed by atoms with van der Waals surface area (Å²) < 4.78 is 0. The Morgan fingerprint density at radius 2 is 1.70 bits per heavy atom. The summed E-state index contributed by atoms with van der Waals surface area (Å²) in [5.74, 6) is 0.619. The molecule has 1 saturated carbocycles. The van der Waals surface area contributed by atoms with Gasteiger partial charge in [-0.3, -0.25) is 9.59 Å². The lowest BCUT2D eigenvalue weighted by atomic mass is 9.81. The molecule has 0 aromatic carbocycles. The zero-order valence-electron chi connectivity index (χ0n) is 13.6. The third-order valence-corrected chi connectivity index (χ3v) is 4.84. The Morgan fingerprint density at radius 1 is 1.15 bits per heavy atom. The first-order valence-corrected chi connectivity index (χ1v) is 7.74. The maximum Gasteiger partial charge on any atom is 0.246 e. The second kappa shape index (κ2) is 4.74. The molecule has 1 aliphatic heterocycles. The number of amides is 2. The van der Waals surface area contributed by atoms with Crippen molar-refractivity contribution < 1.29 is 9.59 Å². The van der Waals surface area contributed by atoms with Gasteiger partial charge in [0.15, 0.2) is 0 Å². The van der Waals surface area contributed by atoms with Crippen molar-refractivity contribution in [3.8, 4) is 0 Å². The number of piperazine rings is 1. The molecule has 4 nitrogen and oxygen atoms in total. The minimum absolute atomic E-state index is 0.000694. The third-order valence-electron chi connectivity index (χ3n) is 4.84. The summed E-state index contributed by atoms with van der Waals surface area (Å²) in [6, 6.07) is -0.743. The fourth-order valence-electron chi connectivity index (χ4n) is 3.34. The lowest BCUT2D eigenvalue weighted by molar-refractivity contribution is -0.160. The Bertz CT molecular complexity index is 419. The molecule has 2 unspecified atom stereocenters. The standard InChI is InChI=1S/C16H28N2O2/c1-7-11-13(19)17-12(15(2,3)4)14(20)18(11)16(5,6)10-8-9-10/h10-12H,7-9H2,1-6H3,(H,17,19). The number of carbonyl (C=O) groups is 2. The molecule has 2 atom stereocenters. The maximum atomic E-state index is 13.0. The van der Waals surface area contributed by atoms with E-state index in [1.54, 1.807) is 0 Å². The quantitative estimate of drug-likeness (QED) is 0.862. The van der Waals surface area contributed by atoms with Gasteiger partial charge in [-0.2, -0.15) is 0 Å². The van der Waals surface area contributed by atoms with Crippen molar-refractivity contribution >= 4 is 11.8 Å². The van der Waals surface area contributed by atoms with Crippen molar-refractivity contribution in [3.05, 3.63) is 0 Å². The van der Waals surface area contributed by atoms with E-state index in [0.29, 0.717) is 12.3 Å². The highest BCUT2D eigenvalue weighted by Gasteiger charge is 2.53. The first kappa shape index (κ1) is 15.3. The van der Waals surface area contributed by atoms with E-state index in [1.165, 1.54) is 0 Å². The molecule has 1 heterocycles. The number of carbonyl (C=O) groups excluding carboxylic acids is 2. The Hall–Kier alpha value is -1.06. The van der Waals surface area contributed by atoms with E-state index in [2.05, 4.69) is 19.2 Å². The number of nitrogens with one attached hydrogen (secondary N) is 1. The van der Waals surface area contributed by atoms with Crippen LogP contribution in [0, 0.1) is 11.3 Å². The molecule has 2 aliphatic rings. The predicted molar refractivity (Wildman–Crippen MR) is 79.1 cm³/mol. The van der Waals surface area contributed by atoms with Crippen molar-refractivity contribution in [3.63, 3.8) is 0 Å². The summed E-state index contributed by atoms with van der Waals surface area (Å²) in [5.41, 5.74) is -0.484. The molecule has 20 heavy (non-hydrogen) atoms. The molecular formula is C16H28N2O2. The molecule has 0 radical (unpaired) electrons. The number of rotatable bonds is 3. The van der Waals surface area contributed by atoms with Crippen molar-refractivity contribution in [1.82, 2.24) is 10.2 Å². The Morgan fingerprint density at radius 3 is 2.10 bits per heavy atom. The lowest BCUT2D eigenvalue weighted by Gasteiger charge is -2.50. The minimum Gasteiger partial charge on any atom is -0.342 e. The van der Waals surface area contributed by atoms with Crippen LogP contribution >= 0.6 is 0 Å². The highest BCUT2D eigenvalue weighted by molar-refractivity contribution is 5.97. The minimum atomic E-state index is -0.421. The van der Waals surface area contributed by atoms with Crippen LogP contribution in [0.2, 0.25) is 0 Å². The van der Waals surface area contributed by atoms with Gasteiger partial charge in [0, 0.05) is 5.54 Å². The highest BCUT2D eigenvalue weighted by atomic mass is 16.2. The second-order valence-electron chi connectivity index (χ2n) is 7.87. The van der Waals surface area contributed by atoms with Crippen LogP contribution in [-0.2, 0) is 9.59 Å². The SMILES string of the molecule is CCC1C(=O)NC(C(C)(C)C)C(=O)N1C(C)(C)C1CC1. The molecule has 0 aromatic heterocycles. The van der Waals surface area contributed by atoms with Crippen molar-refractivity contribution in [2.45, 2.75) is 78.4 Å². The van der Waals surface area contributed by atoms with Gasteiger partial charge in [0.25, 0.3) is 0 Å². The van der Waals surface area contributed by atoms with Crippen LogP contribution in [0.3, 0.4) is 0 Å². The van der Waals surface area contributed by atoms with Gasteiger partial charge < -0.3 is 10.2 Å². The smallest absolute Gasteiger partial charge is 0.246 e. The average Bonchev–Trinajstić information content (AvgIpc) is 3.13. The molecule has 114 valence electrons. The topological polar surface area (TPSA) is 49.4 Å².